The van der Waals surface area contributed by atoms with Crippen LogP contribution in [-0.2, 0) is 0 Å². The SMILES string of the molecule is COc1c(N2CC(C3(NCCC#N)CC3)C2)c(F)cc2c(=O)[nH]c(=O)n(C3CC3)c12.Cc1c(N2CC(C3(NCCC#N)CC3)C2)c(F)cc2c(=O)n(N)c(=O)n(C3CC3)c12. The number of aryl methyl sites for hydroxylation is 1. The molecule has 2 aliphatic heterocycles. The first-order chi connectivity index (χ1) is 28.9. The van der Waals surface area contributed by atoms with E-state index in [1.165, 1.54) is 19.2 Å². The van der Waals surface area contributed by atoms with E-state index in [-0.39, 0.29) is 39.7 Å². The Hall–Kier alpha value is -5.72. The molecular formula is C42H49F2N11O5. The minimum absolute atomic E-state index is 0.00673. The van der Waals surface area contributed by atoms with E-state index in [9.17, 15) is 19.2 Å². The summed E-state index contributed by atoms with van der Waals surface area (Å²) in [4.78, 5) is 56.3. The Morgan fingerprint density at radius 3 is 1.80 bits per heavy atom. The maximum Gasteiger partial charge on any atom is 0.350 e. The van der Waals surface area contributed by atoms with E-state index in [1.54, 1.807) is 16.1 Å². The Morgan fingerprint density at radius 2 is 1.30 bits per heavy atom. The van der Waals surface area contributed by atoms with Gasteiger partial charge in [-0.2, -0.15) is 15.2 Å². The molecule has 5 N–H and O–H groups in total. The number of fused-ring (bicyclic) bond motifs is 2. The smallest absolute Gasteiger partial charge is 0.350 e. The molecule has 6 aliphatic rings. The lowest BCUT2D eigenvalue weighted by Crippen LogP contribution is -2.58. The lowest BCUT2D eigenvalue weighted by atomic mass is 9.87. The first-order valence-electron chi connectivity index (χ1n) is 20.9. The number of methoxy groups -OCH3 is 1. The highest BCUT2D eigenvalue weighted by Gasteiger charge is 2.55. The number of nitrogens with zero attached hydrogens (tertiary/aromatic N) is 7. The van der Waals surface area contributed by atoms with E-state index >= 15 is 8.78 Å². The number of nitrogens with two attached hydrogens (primary N) is 1. The molecule has 16 nitrogen and oxygen atoms in total. The molecule has 2 aromatic heterocycles. The summed E-state index contributed by atoms with van der Waals surface area (Å²) in [5, 5.41) is 24.8. The molecule has 18 heteroatoms. The van der Waals surface area contributed by atoms with Crippen molar-refractivity contribution >= 4 is 33.2 Å². The zero-order chi connectivity index (χ0) is 42.2. The molecule has 4 aromatic rings. The lowest BCUT2D eigenvalue weighted by molar-refractivity contribution is 0.273. The zero-order valence-electron chi connectivity index (χ0n) is 33.8. The topological polar surface area (TPSA) is 212 Å². The van der Waals surface area contributed by atoms with Crippen LogP contribution in [0, 0.1) is 53.1 Å². The number of anilines is 2. The number of H-pyrrole nitrogens is 1. The second-order valence-corrected chi connectivity index (χ2v) is 17.5. The minimum Gasteiger partial charge on any atom is -0.492 e. The summed E-state index contributed by atoms with van der Waals surface area (Å²) in [6, 6.07) is 6.77. The van der Waals surface area contributed by atoms with E-state index in [0.717, 1.165) is 51.4 Å². The van der Waals surface area contributed by atoms with Gasteiger partial charge in [0.25, 0.3) is 11.1 Å². The quantitative estimate of drug-likeness (QED) is 0.113. The standard InChI is InChI=1S/C21H25FN6O2.C21H24FN5O3/c1-12-17-15(19(29)28(24)20(30)27(17)14-3-4-14)9-16(22)18(12)26-10-13(11-26)21(5-6-21)25-8-2-7-23;1-30-18-16-14(19(28)25-20(29)27(16)13-3-4-13)9-15(22)17(18)26-10-12(11-26)21(5-6-21)24-8-2-7-23/h9,13-14,25H,2-6,8,10-11,24H2,1H3;9,12-13,24H,2-6,8,10-11H2,1H3,(H,25,28,29). The number of benzene rings is 2. The van der Waals surface area contributed by atoms with Crippen LogP contribution in [-0.4, -0.2) is 76.3 Å². The number of nitrogen functional groups attached to an aromatic ring is 1. The van der Waals surface area contributed by atoms with E-state index in [1.807, 2.05) is 9.80 Å². The minimum atomic E-state index is -0.666. The van der Waals surface area contributed by atoms with Gasteiger partial charge in [-0.15, -0.1) is 0 Å². The van der Waals surface area contributed by atoms with Crippen molar-refractivity contribution in [1.29, 1.82) is 10.5 Å². The number of rotatable bonds is 13. The molecule has 0 amide bonds. The predicted molar refractivity (Wildman–Crippen MR) is 221 cm³/mol. The molecule has 0 radical (unpaired) electrons. The van der Waals surface area contributed by atoms with Gasteiger partial charge in [0.05, 0.1) is 41.2 Å². The molecule has 316 valence electrons. The van der Waals surface area contributed by atoms with Crippen molar-refractivity contribution in [2.45, 2.75) is 94.3 Å². The van der Waals surface area contributed by atoms with Crippen molar-refractivity contribution in [3.05, 3.63) is 71.0 Å². The van der Waals surface area contributed by atoms with Crippen LogP contribution in [0.5, 0.6) is 5.75 Å². The average molecular weight is 826 g/mol. The highest BCUT2D eigenvalue weighted by atomic mass is 19.1. The number of ether oxygens (including phenoxy) is 1. The second-order valence-electron chi connectivity index (χ2n) is 17.5. The van der Waals surface area contributed by atoms with Crippen molar-refractivity contribution in [2.24, 2.45) is 11.8 Å². The van der Waals surface area contributed by atoms with E-state index < -0.39 is 34.1 Å². The van der Waals surface area contributed by atoms with Crippen LogP contribution >= 0.6 is 0 Å². The Balaban J connectivity index is 0.000000154. The highest BCUT2D eigenvalue weighted by molar-refractivity contribution is 5.91. The number of nitriles is 2. The van der Waals surface area contributed by atoms with Crippen LogP contribution in [0.3, 0.4) is 0 Å². The van der Waals surface area contributed by atoms with Gasteiger partial charge in [-0.3, -0.25) is 23.7 Å². The Labute approximate surface area is 343 Å². The third-order valence-electron chi connectivity index (χ3n) is 13.7. The number of hydrogen-bond acceptors (Lipinski definition) is 12. The van der Waals surface area contributed by atoms with Crippen LogP contribution in [0.15, 0.2) is 31.3 Å². The Morgan fingerprint density at radius 1 is 0.800 bits per heavy atom. The first kappa shape index (κ1) is 39.7. The van der Waals surface area contributed by atoms with Gasteiger partial charge in [-0.1, -0.05) is 0 Å². The summed E-state index contributed by atoms with van der Waals surface area (Å²) in [5.74, 6) is 5.71. The van der Waals surface area contributed by atoms with E-state index in [0.29, 0.717) is 96.6 Å². The normalized spacial score (nSPS) is 20.2. The third kappa shape index (κ3) is 6.60. The zero-order valence-corrected chi connectivity index (χ0v) is 33.8. The first-order valence-corrected chi connectivity index (χ1v) is 20.9. The predicted octanol–water partition coefficient (Wildman–Crippen LogP) is 2.78. The largest absolute Gasteiger partial charge is 0.492 e. The summed E-state index contributed by atoms with van der Waals surface area (Å²) in [5.41, 5.74) is 0.0943. The molecule has 0 unspecified atom stereocenters. The van der Waals surface area contributed by atoms with Gasteiger partial charge >= 0.3 is 11.4 Å². The number of nitrogens with one attached hydrogen (secondary N) is 3. The maximum atomic E-state index is 15.1. The van der Waals surface area contributed by atoms with Crippen LogP contribution in [0.2, 0.25) is 0 Å². The molecular weight excluding hydrogens is 777 g/mol. The Bertz CT molecular complexity index is 2740. The summed E-state index contributed by atoms with van der Waals surface area (Å²) in [6.07, 6.45) is 8.62. The van der Waals surface area contributed by atoms with Crippen LogP contribution < -0.4 is 53.5 Å². The number of aromatic nitrogens is 4. The van der Waals surface area contributed by atoms with Crippen molar-refractivity contribution in [1.82, 2.24) is 29.4 Å². The molecule has 2 saturated heterocycles. The van der Waals surface area contributed by atoms with Crippen LogP contribution in [0.25, 0.3) is 21.8 Å². The number of aromatic amines is 1. The van der Waals surface area contributed by atoms with Crippen molar-refractivity contribution < 1.29 is 13.5 Å². The fourth-order valence-corrected chi connectivity index (χ4v) is 9.72. The summed E-state index contributed by atoms with van der Waals surface area (Å²) in [7, 11) is 1.45. The average Bonchev–Trinajstić information content (AvgIpc) is 3.98. The maximum absolute atomic E-state index is 15.1. The Kier molecular flexibility index (Phi) is 9.78. The third-order valence-corrected chi connectivity index (χ3v) is 13.7. The van der Waals surface area contributed by atoms with Gasteiger partial charge in [-0.05, 0) is 70.4 Å². The van der Waals surface area contributed by atoms with E-state index in [4.69, 9.17) is 21.1 Å². The van der Waals surface area contributed by atoms with Crippen LogP contribution in [0.1, 0.15) is 81.9 Å². The number of hydrogen-bond donors (Lipinski definition) is 4. The highest BCUT2D eigenvalue weighted by Crippen LogP contribution is 2.51. The monoisotopic (exact) mass is 825 g/mol. The fraction of sp³-hybridized carbons (Fsp3) is 0.571. The van der Waals surface area contributed by atoms with Gasteiger partial charge < -0.3 is 31.0 Å². The number of halogens is 2. The van der Waals surface area contributed by atoms with Gasteiger partial charge in [0, 0.05) is 92.7 Å². The lowest BCUT2D eigenvalue weighted by Gasteiger charge is -2.46. The van der Waals surface area contributed by atoms with Gasteiger partial charge in [0.15, 0.2) is 11.6 Å². The molecule has 0 bridgehead atoms. The summed E-state index contributed by atoms with van der Waals surface area (Å²) >= 11 is 0. The van der Waals surface area contributed by atoms with E-state index in [2.05, 4.69) is 27.8 Å². The summed E-state index contributed by atoms with van der Waals surface area (Å²) in [6.45, 7) is 5.87. The van der Waals surface area contributed by atoms with Crippen molar-refractivity contribution in [2.75, 3.05) is 62.0 Å². The molecule has 0 spiro atoms. The molecule has 0 atom stereocenters. The molecule has 4 saturated carbocycles. The molecule has 6 fully saturated rings. The van der Waals surface area contributed by atoms with Gasteiger partial charge in [0.1, 0.15) is 17.0 Å². The molecule has 4 heterocycles. The van der Waals surface area contributed by atoms with Crippen LogP contribution in [0.4, 0.5) is 20.2 Å². The van der Waals surface area contributed by atoms with Gasteiger partial charge in [-0.25, -0.2) is 18.4 Å². The van der Waals surface area contributed by atoms with Gasteiger partial charge in [0.2, 0.25) is 0 Å². The molecule has 60 heavy (non-hydrogen) atoms. The molecule has 4 aliphatic carbocycles. The summed E-state index contributed by atoms with van der Waals surface area (Å²) < 4.78 is 39.6. The fourth-order valence-electron chi connectivity index (χ4n) is 9.72. The van der Waals surface area contributed by atoms with Crippen molar-refractivity contribution in [3.8, 4) is 17.9 Å². The van der Waals surface area contributed by atoms with Crippen molar-refractivity contribution in [3.63, 3.8) is 0 Å². The molecule has 2 aromatic carbocycles. The molecule has 10 rings (SSSR count). The second kappa shape index (κ2) is 14.8.